The Morgan fingerprint density at radius 1 is 0.833 bits per heavy atom. The van der Waals surface area contributed by atoms with Crippen LogP contribution in [0, 0.1) is 11.3 Å². The Hall–Kier alpha value is -3.73. The van der Waals surface area contributed by atoms with Crippen LogP contribution in [-0.2, 0) is 10.3 Å². The van der Waals surface area contributed by atoms with E-state index in [1.165, 1.54) is 28.4 Å². The highest BCUT2D eigenvalue weighted by atomic mass is 35.5. The van der Waals surface area contributed by atoms with Gasteiger partial charge in [0.25, 0.3) is 0 Å². The van der Waals surface area contributed by atoms with Crippen molar-refractivity contribution >= 4 is 29.0 Å². The molecule has 3 aromatic rings. The number of phenols is 1. The Morgan fingerprint density at radius 3 is 2.03 bits per heavy atom. The van der Waals surface area contributed by atoms with Crippen molar-refractivity contribution < 1.29 is 28.8 Å². The van der Waals surface area contributed by atoms with Crippen molar-refractivity contribution in [3.05, 3.63) is 80.8 Å². The summed E-state index contributed by atoms with van der Waals surface area (Å²) < 4.78 is 28.5. The van der Waals surface area contributed by atoms with Crippen molar-refractivity contribution in [1.29, 1.82) is 5.26 Å². The van der Waals surface area contributed by atoms with Crippen LogP contribution in [0.2, 0.25) is 10.0 Å². The quantitative estimate of drug-likeness (QED) is 0.383. The molecule has 0 radical (unpaired) electrons. The van der Waals surface area contributed by atoms with E-state index in [1.54, 1.807) is 48.5 Å². The number of ether oxygens (including phenoxy) is 5. The number of hydrogen-bond donors (Lipinski definition) is 1. The van der Waals surface area contributed by atoms with E-state index >= 15 is 0 Å². The number of methoxy groups -OCH3 is 4. The molecule has 36 heavy (non-hydrogen) atoms. The molecule has 0 saturated heterocycles. The second kappa shape index (κ2) is 10.1. The zero-order valence-electron chi connectivity index (χ0n) is 20.0. The number of phenolic OH excluding ortho intramolecular Hbond substituents is 1. The van der Waals surface area contributed by atoms with Crippen molar-refractivity contribution in [3.8, 4) is 34.8 Å². The Kier molecular flexibility index (Phi) is 7.11. The average molecular weight is 528 g/mol. The average Bonchev–Trinajstić information content (AvgIpc) is 3.30. The number of rotatable bonds is 7. The molecule has 0 amide bonds. The molecule has 3 aromatic carbocycles. The van der Waals surface area contributed by atoms with Crippen LogP contribution < -0.4 is 18.9 Å². The van der Waals surface area contributed by atoms with Crippen LogP contribution in [0.1, 0.15) is 23.1 Å². The molecule has 1 aliphatic rings. The van der Waals surface area contributed by atoms with Crippen LogP contribution in [0.5, 0.6) is 28.7 Å². The molecular formula is C27H23Cl2NO6. The summed E-state index contributed by atoms with van der Waals surface area (Å²) in [6.45, 7) is 0. The zero-order valence-corrected chi connectivity index (χ0v) is 21.5. The predicted octanol–water partition coefficient (Wildman–Crippen LogP) is 6.33. The summed E-state index contributed by atoms with van der Waals surface area (Å²) in [5.74, 6) is 1.80. The fraction of sp³-hybridized carbons (Fsp3) is 0.222. The largest absolute Gasteiger partial charge is 0.504 e. The van der Waals surface area contributed by atoms with Gasteiger partial charge in [-0.3, -0.25) is 0 Å². The molecule has 1 aliphatic heterocycles. The highest BCUT2D eigenvalue weighted by molar-refractivity contribution is 6.42. The third kappa shape index (κ3) is 4.23. The van der Waals surface area contributed by atoms with Gasteiger partial charge in [-0.2, -0.15) is 5.26 Å². The summed E-state index contributed by atoms with van der Waals surface area (Å²) in [6.07, 6.45) is 0.156. The van der Waals surface area contributed by atoms with Crippen LogP contribution in [0.25, 0.3) is 5.76 Å². The minimum atomic E-state index is -1.23. The maximum Gasteiger partial charge on any atom is 0.203 e. The third-order valence-corrected chi connectivity index (χ3v) is 6.81. The number of benzene rings is 3. The lowest BCUT2D eigenvalue weighted by Gasteiger charge is -2.32. The van der Waals surface area contributed by atoms with E-state index in [4.69, 9.17) is 46.9 Å². The fourth-order valence-electron chi connectivity index (χ4n) is 4.31. The van der Waals surface area contributed by atoms with E-state index in [2.05, 4.69) is 6.07 Å². The molecular weight excluding hydrogens is 505 g/mol. The summed E-state index contributed by atoms with van der Waals surface area (Å²) in [5, 5.41) is 21.4. The highest BCUT2D eigenvalue weighted by Crippen LogP contribution is 2.53. The van der Waals surface area contributed by atoms with Crippen molar-refractivity contribution in [2.75, 3.05) is 28.4 Å². The lowest BCUT2D eigenvalue weighted by Crippen LogP contribution is -2.27. The van der Waals surface area contributed by atoms with Crippen LogP contribution in [0.15, 0.2) is 54.1 Å². The molecule has 0 fully saturated rings. The number of halogens is 2. The van der Waals surface area contributed by atoms with Crippen molar-refractivity contribution in [2.45, 2.75) is 12.0 Å². The van der Waals surface area contributed by atoms with Crippen molar-refractivity contribution in [3.63, 3.8) is 0 Å². The molecule has 0 saturated carbocycles. The molecule has 0 spiro atoms. The minimum absolute atomic E-state index is 0.0769. The maximum absolute atomic E-state index is 10.6. The molecule has 4 rings (SSSR count). The van der Waals surface area contributed by atoms with Gasteiger partial charge in [-0.25, -0.2) is 0 Å². The van der Waals surface area contributed by atoms with Gasteiger partial charge in [0.15, 0.2) is 28.6 Å². The molecule has 1 N–H and O–H groups in total. The topological polar surface area (TPSA) is 90.2 Å². The van der Waals surface area contributed by atoms with Crippen LogP contribution in [0.3, 0.4) is 0 Å². The van der Waals surface area contributed by atoms with Gasteiger partial charge in [0, 0.05) is 23.1 Å². The van der Waals surface area contributed by atoms with E-state index in [0.717, 1.165) is 0 Å². The summed E-state index contributed by atoms with van der Waals surface area (Å²) in [5.41, 5.74) is 0.941. The first-order valence-corrected chi connectivity index (χ1v) is 11.5. The van der Waals surface area contributed by atoms with Crippen LogP contribution in [0.4, 0.5) is 0 Å². The Bertz CT molecular complexity index is 1370. The molecule has 1 unspecified atom stereocenters. The summed E-state index contributed by atoms with van der Waals surface area (Å²) in [7, 11) is 6.01. The van der Waals surface area contributed by atoms with Crippen molar-refractivity contribution in [1.82, 2.24) is 0 Å². The van der Waals surface area contributed by atoms with Gasteiger partial charge in [-0.1, -0.05) is 29.3 Å². The number of aromatic hydroxyl groups is 1. The maximum atomic E-state index is 10.6. The summed E-state index contributed by atoms with van der Waals surface area (Å²) in [6, 6.07) is 15.8. The van der Waals surface area contributed by atoms with E-state index in [9.17, 15) is 10.4 Å². The third-order valence-electron chi connectivity index (χ3n) is 6.07. The number of nitriles is 1. The lowest BCUT2D eigenvalue weighted by atomic mass is 9.82. The van der Waals surface area contributed by atoms with Gasteiger partial charge >= 0.3 is 0 Å². The van der Waals surface area contributed by atoms with Crippen LogP contribution >= 0.6 is 23.2 Å². The smallest absolute Gasteiger partial charge is 0.203 e. The zero-order chi connectivity index (χ0) is 26.0. The van der Waals surface area contributed by atoms with E-state index in [-0.39, 0.29) is 12.2 Å². The van der Waals surface area contributed by atoms with Crippen molar-refractivity contribution in [2.24, 2.45) is 0 Å². The van der Waals surface area contributed by atoms with Gasteiger partial charge in [0.05, 0.1) is 50.1 Å². The normalized spacial score (nSPS) is 16.8. The predicted molar refractivity (Wildman–Crippen MR) is 136 cm³/mol. The van der Waals surface area contributed by atoms with Gasteiger partial charge in [-0.15, -0.1) is 0 Å². The molecule has 186 valence electrons. The molecule has 0 aliphatic carbocycles. The second-order valence-corrected chi connectivity index (χ2v) is 8.77. The number of hydrogen-bond acceptors (Lipinski definition) is 7. The van der Waals surface area contributed by atoms with E-state index in [0.29, 0.717) is 61.1 Å². The fourth-order valence-corrected chi connectivity index (χ4v) is 4.60. The molecule has 0 aromatic heterocycles. The first-order valence-electron chi connectivity index (χ1n) is 10.8. The SMILES string of the molecule is COc1ccc(C2(c3cc(OC)c(OC)c(OC)c3)CC(C#N)=C(c3ccc(Cl)c(Cl)c3)O2)cc1O. The Morgan fingerprint density at radius 2 is 1.50 bits per heavy atom. The first-order chi connectivity index (χ1) is 17.3. The second-order valence-electron chi connectivity index (χ2n) is 7.95. The minimum Gasteiger partial charge on any atom is -0.504 e. The summed E-state index contributed by atoms with van der Waals surface area (Å²) >= 11 is 12.4. The van der Waals surface area contributed by atoms with Gasteiger partial charge in [0.1, 0.15) is 5.76 Å². The van der Waals surface area contributed by atoms with Gasteiger partial charge in [0.2, 0.25) is 5.75 Å². The molecule has 0 bridgehead atoms. The summed E-state index contributed by atoms with van der Waals surface area (Å²) in [4.78, 5) is 0. The number of nitrogens with zero attached hydrogens (tertiary/aromatic N) is 1. The van der Waals surface area contributed by atoms with Gasteiger partial charge < -0.3 is 28.8 Å². The Balaban J connectivity index is 1.97. The van der Waals surface area contributed by atoms with E-state index < -0.39 is 5.60 Å². The van der Waals surface area contributed by atoms with E-state index in [1.807, 2.05) is 0 Å². The van der Waals surface area contributed by atoms with Crippen LogP contribution in [-0.4, -0.2) is 33.5 Å². The molecule has 1 heterocycles. The highest BCUT2D eigenvalue weighted by Gasteiger charge is 2.46. The molecule has 7 nitrogen and oxygen atoms in total. The Labute approximate surface area is 218 Å². The lowest BCUT2D eigenvalue weighted by molar-refractivity contribution is 0.0995. The molecule has 9 heteroatoms. The first kappa shape index (κ1) is 25.4. The monoisotopic (exact) mass is 527 g/mol. The molecule has 1 atom stereocenters. The van der Waals surface area contributed by atoms with Gasteiger partial charge in [-0.05, 0) is 42.5 Å². The standard InChI is InChI=1S/C27H23Cl2NO6/c1-32-22-8-6-17(10-21(22)31)27(18-11-23(33-2)26(35-4)24(12-18)34-3)13-16(14-30)25(36-27)15-5-7-19(28)20(29)9-15/h5-12,31H,13H2,1-4H3.